The molecule has 27 heavy (non-hydrogen) atoms. The van der Waals surface area contributed by atoms with Crippen molar-refractivity contribution in [2.45, 2.75) is 6.92 Å². The third kappa shape index (κ3) is 5.44. The van der Waals surface area contributed by atoms with Crippen LogP contribution >= 0.6 is 11.8 Å². The molecular formula is C23H25N2OS+. The Bertz CT molecular complexity index is 964. The Balaban J connectivity index is 1.72. The number of fused-ring (bicyclic) bond motifs is 1. The number of thioether (sulfide) groups is 1. The van der Waals surface area contributed by atoms with Crippen molar-refractivity contribution in [2.24, 2.45) is 7.05 Å². The van der Waals surface area contributed by atoms with Crippen molar-refractivity contribution >= 4 is 45.5 Å². The van der Waals surface area contributed by atoms with E-state index in [-0.39, 0.29) is 5.12 Å². The summed E-state index contributed by atoms with van der Waals surface area (Å²) in [6, 6.07) is 17.3. The van der Waals surface area contributed by atoms with Crippen LogP contribution in [0.5, 0.6) is 0 Å². The van der Waals surface area contributed by atoms with E-state index >= 15 is 0 Å². The van der Waals surface area contributed by atoms with Crippen molar-refractivity contribution in [1.29, 1.82) is 0 Å². The first-order valence-corrected chi connectivity index (χ1v) is 10.0. The molecule has 3 rings (SSSR count). The molecule has 0 aliphatic heterocycles. The van der Waals surface area contributed by atoms with Gasteiger partial charge in [0.1, 0.15) is 7.05 Å². The highest BCUT2D eigenvalue weighted by atomic mass is 32.2. The Kier molecular flexibility index (Phi) is 6.30. The maximum atomic E-state index is 11.1. The van der Waals surface area contributed by atoms with Crippen LogP contribution in [0.4, 0.5) is 5.69 Å². The van der Waals surface area contributed by atoms with Crippen LogP contribution in [0.15, 0.2) is 60.9 Å². The zero-order valence-corrected chi connectivity index (χ0v) is 16.9. The van der Waals surface area contributed by atoms with Gasteiger partial charge in [-0.2, -0.15) is 0 Å². The Morgan fingerprint density at radius 1 is 1.00 bits per heavy atom. The van der Waals surface area contributed by atoms with Crippen LogP contribution < -0.4 is 9.47 Å². The van der Waals surface area contributed by atoms with Gasteiger partial charge in [-0.15, -0.1) is 0 Å². The van der Waals surface area contributed by atoms with E-state index in [0.29, 0.717) is 0 Å². The number of rotatable bonds is 6. The molecule has 0 atom stereocenters. The van der Waals surface area contributed by atoms with Gasteiger partial charge in [-0.25, -0.2) is 4.57 Å². The molecule has 3 nitrogen and oxygen atoms in total. The minimum absolute atomic E-state index is 0.173. The third-order valence-electron chi connectivity index (χ3n) is 4.49. The van der Waals surface area contributed by atoms with E-state index in [1.807, 2.05) is 24.0 Å². The summed E-state index contributed by atoms with van der Waals surface area (Å²) in [6.07, 6.45) is 8.38. The number of aromatic nitrogens is 1. The molecular weight excluding hydrogens is 352 g/mol. The summed E-state index contributed by atoms with van der Waals surface area (Å²) in [7, 11) is 4.09. The maximum absolute atomic E-state index is 11.1. The topological polar surface area (TPSA) is 24.2 Å². The molecule has 0 saturated carbocycles. The Morgan fingerprint density at radius 2 is 1.67 bits per heavy atom. The van der Waals surface area contributed by atoms with E-state index in [0.717, 1.165) is 12.3 Å². The average Bonchev–Trinajstić information content (AvgIpc) is 2.66. The Labute approximate surface area is 165 Å². The van der Waals surface area contributed by atoms with Crippen molar-refractivity contribution in [3.05, 3.63) is 72.1 Å². The fraction of sp³-hybridized carbons (Fsp3) is 0.217. The van der Waals surface area contributed by atoms with Gasteiger partial charge in [0.2, 0.25) is 0 Å². The van der Waals surface area contributed by atoms with Crippen LogP contribution in [0, 0.1) is 0 Å². The van der Waals surface area contributed by atoms with Crippen LogP contribution in [-0.4, -0.2) is 24.5 Å². The van der Waals surface area contributed by atoms with Crippen molar-refractivity contribution in [2.75, 3.05) is 24.2 Å². The molecule has 0 fully saturated rings. The number of pyridine rings is 1. The molecule has 1 heterocycles. The van der Waals surface area contributed by atoms with Crippen molar-refractivity contribution < 1.29 is 9.36 Å². The fourth-order valence-electron chi connectivity index (χ4n) is 2.86. The predicted molar refractivity (Wildman–Crippen MR) is 117 cm³/mol. The molecule has 0 saturated heterocycles. The lowest BCUT2D eigenvalue weighted by atomic mass is 10.0. The molecule has 0 N–H and O–H groups in total. The summed E-state index contributed by atoms with van der Waals surface area (Å²) < 4.78 is 2.03. The van der Waals surface area contributed by atoms with Gasteiger partial charge >= 0.3 is 0 Å². The van der Waals surface area contributed by atoms with E-state index < -0.39 is 0 Å². The summed E-state index contributed by atoms with van der Waals surface area (Å²) in [5.74, 6) is 0.811. The predicted octanol–water partition coefficient (Wildman–Crippen LogP) is 4.55. The quantitative estimate of drug-likeness (QED) is 0.589. The number of carbonyl (C=O) groups excluding carboxylic acids is 1. The van der Waals surface area contributed by atoms with E-state index in [4.69, 9.17) is 0 Å². The van der Waals surface area contributed by atoms with Gasteiger partial charge in [0.25, 0.3) is 0 Å². The first-order valence-electron chi connectivity index (χ1n) is 9.03. The van der Waals surface area contributed by atoms with Gasteiger partial charge in [-0.3, -0.25) is 4.79 Å². The van der Waals surface area contributed by atoms with Crippen LogP contribution in [0.1, 0.15) is 18.1 Å². The van der Waals surface area contributed by atoms with Gasteiger partial charge in [-0.05, 0) is 40.1 Å². The van der Waals surface area contributed by atoms with Crippen molar-refractivity contribution in [3.63, 3.8) is 0 Å². The lowest BCUT2D eigenvalue weighted by Gasteiger charge is -2.19. The van der Waals surface area contributed by atoms with E-state index in [1.165, 1.54) is 39.3 Å². The third-order valence-corrected chi connectivity index (χ3v) is 5.29. The van der Waals surface area contributed by atoms with Crippen LogP contribution in [0.25, 0.3) is 22.9 Å². The van der Waals surface area contributed by atoms with E-state index in [9.17, 15) is 4.79 Å². The van der Waals surface area contributed by atoms with Crippen LogP contribution in [-0.2, 0) is 11.8 Å². The number of nitrogens with zero attached hydrogens (tertiary/aromatic N) is 2. The summed E-state index contributed by atoms with van der Waals surface area (Å²) in [5.41, 5.74) is 3.55. The molecule has 3 aromatic rings. The Hall–Kier alpha value is -2.59. The Morgan fingerprint density at radius 3 is 2.41 bits per heavy atom. The second-order valence-electron chi connectivity index (χ2n) is 6.68. The van der Waals surface area contributed by atoms with Crippen molar-refractivity contribution in [1.82, 2.24) is 0 Å². The van der Waals surface area contributed by atoms with Gasteiger partial charge in [0.15, 0.2) is 17.5 Å². The minimum atomic E-state index is 0.173. The molecule has 1 aromatic heterocycles. The van der Waals surface area contributed by atoms with Gasteiger partial charge in [0, 0.05) is 44.1 Å². The molecule has 4 heteroatoms. The summed E-state index contributed by atoms with van der Waals surface area (Å²) in [4.78, 5) is 13.3. The van der Waals surface area contributed by atoms with Gasteiger partial charge in [-0.1, -0.05) is 42.1 Å². The molecule has 0 bridgehead atoms. The minimum Gasteiger partial charge on any atom is -0.374 e. The maximum Gasteiger partial charge on any atom is 0.185 e. The van der Waals surface area contributed by atoms with Crippen LogP contribution in [0.3, 0.4) is 0 Å². The molecule has 0 aliphatic rings. The van der Waals surface area contributed by atoms with Crippen LogP contribution in [0.2, 0.25) is 0 Å². The fourth-order valence-corrected chi connectivity index (χ4v) is 3.52. The number of anilines is 1. The number of hydrogen-bond donors (Lipinski definition) is 0. The number of hydrogen-bond acceptors (Lipinski definition) is 3. The summed E-state index contributed by atoms with van der Waals surface area (Å²) in [5, 5.41) is 2.63. The average molecular weight is 378 g/mol. The molecule has 0 amide bonds. The second kappa shape index (κ2) is 8.87. The van der Waals surface area contributed by atoms with E-state index in [1.54, 1.807) is 6.92 Å². The molecule has 0 spiro atoms. The summed E-state index contributed by atoms with van der Waals surface area (Å²) in [6.45, 7) is 2.47. The normalized spacial score (nSPS) is 11.2. The molecule has 0 unspecified atom stereocenters. The lowest BCUT2D eigenvalue weighted by molar-refractivity contribution is -0.671. The lowest BCUT2D eigenvalue weighted by Crippen LogP contribution is -2.25. The largest absolute Gasteiger partial charge is 0.374 e. The second-order valence-corrected chi connectivity index (χ2v) is 7.95. The van der Waals surface area contributed by atoms with Crippen molar-refractivity contribution in [3.8, 4) is 0 Å². The highest BCUT2D eigenvalue weighted by Crippen LogP contribution is 2.23. The highest BCUT2D eigenvalue weighted by Gasteiger charge is 2.04. The standard InChI is InChI=1S/C23H25N2OS/c1-18(26)27-15-14-25(3)23-9-8-21-16-20(6-7-22(21)17-23)5-4-19-10-12-24(2)13-11-19/h4-13,16-17H,14-15H2,1-3H3/q+1. The molecule has 0 aliphatic carbocycles. The molecule has 0 radical (unpaired) electrons. The first kappa shape index (κ1) is 19.2. The number of aryl methyl sites for hydroxylation is 1. The van der Waals surface area contributed by atoms with Gasteiger partial charge in [0.05, 0.1) is 0 Å². The monoisotopic (exact) mass is 377 g/mol. The SMILES string of the molecule is CC(=O)SCCN(C)c1ccc2cc(/C=C/c3cc[n+](C)cc3)ccc2c1. The molecule has 138 valence electrons. The first-order chi connectivity index (χ1) is 13.0. The van der Waals surface area contributed by atoms with Gasteiger partial charge < -0.3 is 4.90 Å². The number of benzene rings is 2. The smallest absolute Gasteiger partial charge is 0.185 e. The van der Waals surface area contributed by atoms with E-state index in [2.05, 4.69) is 72.6 Å². The zero-order chi connectivity index (χ0) is 19.2. The molecule has 2 aromatic carbocycles. The highest BCUT2D eigenvalue weighted by molar-refractivity contribution is 8.13. The summed E-state index contributed by atoms with van der Waals surface area (Å²) >= 11 is 1.37. The number of carbonyl (C=O) groups is 1. The zero-order valence-electron chi connectivity index (χ0n) is 16.1.